The van der Waals surface area contributed by atoms with Crippen LogP contribution in [0.2, 0.25) is 0 Å². The molecule has 9 nitrogen and oxygen atoms in total. The van der Waals surface area contributed by atoms with E-state index < -0.39 is 0 Å². The van der Waals surface area contributed by atoms with Crippen molar-refractivity contribution in [2.24, 2.45) is 0 Å². The van der Waals surface area contributed by atoms with Crippen molar-refractivity contribution >= 4 is 29.3 Å². The molecule has 1 aromatic heterocycles. The third-order valence-corrected chi connectivity index (χ3v) is 11.1. The van der Waals surface area contributed by atoms with Gasteiger partial charge in [0.25, 0.3) is 0 Å². The molecule has 0 aliphatic rings. The van der Waals surface area contributed by atoms with E-state index in [1.54, 1.807) is 20.3 Å². The van der Waals surface area contributed by atoms with Crippen LogP contribution in [0.4, 0.5) is 23.3 Å². The van der Waals surface area contributed by atoms with Gasteiger partial charge in [0.15, 0.2) is 5.82 Å². The van der Waals surface area contributed by atoms with Crippen molar-refractivity contribution < 1.29 is 18.9 Å². The second-order valence-corrected chi connectivity index (χ2v) is 15.5. The highest BCUT2D eigenvalue weighted by Gasteiger charge is 2.19. The Morgan fingerprint density at radius 3 is 1.09 bits per heavy atom. The largest absolute Gasteiger partial charge is 0.497 e. The minimum absolute atomic E-state index is 0.547. The number of anilines is 4. The van der Waals surface area contributed by atoms with Gasteiger partial charge < -0.3 is 28.7 Å². The Bertz CT molecular complexity index is 2260. The van der Waals surface area contributed by atoms with E-state index in [1.165, 1.54) is 0 Å². The number of hydrogen-bond acceptors (Lipinski definition) is 9. The summed E-state index contributed by atoms with van der Waals surface area (Å²) < 4.78 is 22.8. The van der Waals surface area contributed by atoms with Gasteiger partial charge in [-0.15, -0.1) is 0 Å². The smallest absolute Gasteiger partial charge is 0.235 e. The first kappa shape index (κ1) is 44.9. The van der Waals surface area contributed by atoms with Crippen molar-refractivity contribution in [2.45, 2.75) is 51.4 Å². The fourth-order valence-electron chi connectivity index (χ4n) is 7.49. The second-order valence-electron chi connectivity index (χ2n) is 15.5. The molecule has 0 aliphatic heterocycles. The van der Waals surface area contributed by atoms with Crippen LogP contribution in [0, 0.1) is 0 Å². The van der Waals surface area contributed by atoms with Crippen LogP contribution in [0.15, 0.2) is 164 Å². The number of unbranched alkanes of at least 4 members (excludes halogenated alkanes) is 6. The van der Waals surface area contributed by atoms with Gasteiger partial charge in [-0.05, 0) is 127 Å². The fraction of sp³-hybridized carbons (Fsp3) is 0.255. The van der Waals surface area contributed by atoms with Gasteiger partial charge in [0.1, 0.15) is 23.0 Å². The van der Waals surface area contributed by atoms with Crippen molar-refractivity contribution in [1.82, 2.24) is 15.0 Å². The Morgan fingerprint density at radius 2 is 0.750 bits per heavy atom. The number of para-hydroxylation sites is 2. The van der Waals surface area contributed by atoms with Gasteiger partial charge in [0.2, 0.25) is 11.9 Å². The van der Waals surface area contributed by atoms with Crippen molar-refractivity contribution in [3.05, 3.63) is 170 Å². The molecule has 0 fully saturated rings. The summed E-state index contributed by atoms with van der Waals surface area (Å²) in [4.78, 5) is 19.4. The first-order valence-electron chi connectivity index (χ1n) is 22.4. The molecule has 0 amide bonds. The number of aromatic nitrogens is 3. The molecule has 0 N–H and O–H groups in total. The summed E-state index contributed by atoms with van der Waals surface area (Å²) in [6.45, 7) is 6.93. The molecule has 0 aliphatic carbocycles. The normalized spacial score (nSPS) is 10.8. The van der Waals surface area contributed by atoms with Crippen molar-refractivity contribution in [3.8, 4) is 45.3 Å². The van der Waals surface area contributed by atoms with Gasteiger partial charge in [-0.1, -0.05) is 117 Å². The maximum atomic E-state index is 6.11. The highest BCUT2D eigenvalue weighted by Crippen LogP contribution is 2.30. The van der Waals surface area contributed by atoms with Gasteiger partial charge in [0.05, 0.1) is 27.4 Å². The third kappa shape index (κ3) is 13.0. The van der Waals surface area contributed by atoms with E-state index >= 15 is 0 Å². The van der Waals surface area contributed by atoms with Crippen LogP contribution in [0.5, 0.6) is 23.0 Å². The van der Waals surface area contributed by atoms with Gasteiger partial charge in [-0.2, -0.15) is 15.0 Å². The molecule has 0 spiro atoms. The molecule has 0 atom stereocenters. The topological polar surface area (TPSA) is 82.1 Å². The average molecular weight is 854 g/mol. The zero-order valence-electron chi connectivity index (χ0n) is 37.1. The SMILES string of the molecule is C=Cc1nc(N(CCCCCCOc2ccc(-c3ccc(OC)cc3)cc2)c2ccccc2)nc(N(CCCCCCOc2ccc(-c3ccc(OC)cc3)cc2)c2ccccc2)n1. The molecule has 1 heterocycles. The summed E-state index contributed by atoms with van der Waals surface area (Å²) >= 11 is 0. The number of benzene rings is 6. The lowest BCUT2D eigenvalue weighted by Crippen LogP contribution is -2.26. The Kier molecular flexibility index (Phi) is 16.8. The van der Waals surface area contributed by atoms with E-state index in [9.17, 15) is 0 Å². The lowest BCUT2D eigenvalue weighted by atomic mass is 10.1. The van der Waals surface area contributed by atoms with Crippen LogP contribution in [0.25, 0.3) is 28.3 Å². The van der Waals surface area contributed by atoms with Gasteiger partial charge >= 0.3 is 0 Å². The molecule has 9 heteroatoms. The molecule has 0 saturated heterocycles. The number of rotatable bonds is 25. The first-order valence-corrected chi connectivity index (χ1v) is 22.4. The molecule has 0 radical (unpaired) electrons. The summed E-state index contributed by atoms with van der Waals surface area (Å²) in [7, 11) is 3.36. The minimum atomic E-state index is 0.547. The molecular formula is C55H59N5O4. The number of hydrogen-bond donors (Lipinski definition) is 0. The zero-order valence-corrected chi connectivity index (χ0v) is 37.1. The highest BCUT2D eigenvalue weighted by atomic mass is 16.5. The average Bonchev–Trinajstić information content (AvgIpc) is 3.36. The summed E-state index contributed by atoms with van der Waals surface area (Å²) in [6.07, 6.45) is 9.80. The Labute approximate surface area is 379 Å². The maximum Gasteiger partial charge on any atom is 0.235 e. The van der Waals surface area contributed by atoms with E-state index in [0.29, 0.717) is 30.9 Å². The van der Waals surface area contributed by atoms with E-state index in [1.807, 2.05) is 60.7 Å². The third-order valence-electron chi connectivity index (χ3n) is 11.1. The highest BCUT2D eigenvalue weighted by molar-refractivity contribution is 5.66. The van der Waals surface area contributed by atoms with Crippen molar-refractivity contribution in [3.63, 3.8) is 0 Å². The van der Waals surface area contributed by atoms with Crippen LogP contribution < -0.4 is 28.7 Å². The van der Waals surface area contributed by atoms with E-state index in [0.717, 1.165) is 121 Å². The quantitative estimate of drug-likeness (QED) is 0.0522. The fourth-order valence-corrected chi connectivity index (χ4v) is 7.49. The van der Waals surface area contributed by atoms with Crippen LogP contribution in [0.3, 0.4) is 0 Å². The molecule has 6 aromatic carbocycles. The van der Waals surface area contributed by atoms with Crippen LogP contribution in [0.1, 0.15) is 57.2 Å². The van der Waals surface area contributed by atoms with Crippen molar-refractivity contribution in [2.75, 3.05) is 50.3 Å². The van der Waals surface area contributed by atoms with Crippen LogP contribution >= 0.6 is 0 Å². The molecule has 0 bridgehead atoms. The van der Waals surface area contributed by atoms with Crippen molar-refractivity contribution in [1.29, 1.82) is 0 Å². The molecule has 328 valence electrons. The molecular weight excluding hydrogens is 795 g/mol. The van der Waals surface area contributed by atoms with E-state index in [-0.39, 0.29) is 0 Å². The molecule has 64 heavy (non-hydrogen) atoms. The number of nitrogens with zero attached hydrogens (tertiary/aromatic N) is 5. The second kappa shape index (κ2) is 23.9. The predicted octanol–water partition coefficient (Wildman–Crippen LogP) is 13.4. The summed E-state index contributed by atoms with van der Waals surface area (Å²) in [5.41, 5.74) is 6.67. The Balaban J connectivity index is 0.910. The monoisotopic (exact) mass is 853 g/mol. The van der Waals surface area contributed by atoms with E-state index in [4.69, 9.17) is 33.9 Å². The molecule has 0 unspecified atom stereocenters. The number of ether oxygens (including phenoxy) is 4. The number of methoxy groups -OCH3 is 2. The first-order chi connectivity index (χ1) is 31.6. The lowest BCUT2D eigenvalue weighted by molar-refractivity contribution is 0.304. The van der Waals surface area contributed by atoms with E-state index in [2.05, 4.69) is 113 Å². The van der Waals surface area contributed by atoms with Crippen LogP contribution in [-0.2, 0) is 0 Å². The summed E-state index contributed by atoms with van der Waals surface area (Å²) in [6, 6.07) is 53.5. The Morgan fingerprint density at radius 1 is 0.406 bits per heavy atom. The molecule has 0 saturated carbocycles. The maximum absolute atomic E-state index is 6.11. The van der Waals surface area contributed by atoms with Gasteiger partial charge in [0, 0.05) is 24.5 Å². The standard InChI is InChI=1S/C55H59N5O4/c1-4-53-56-54(59(47-19-11-9-12-20-47)39-15-5-7-17-41-63-51-35-27-45(28-36-51)43-23-31-49(61-2)32-24-43)58-55(57-53)60(48-21-13-10-14-22-48)40-16-6-8-18-42-64-52-37-29-46(30-38-52)44-25-33-50(62-3)34-26-44/h4,9-14,19-38H,1,5-8,15-18,39-42H2,2-3H3. The summed E-state index contributed by atoms with van der Waals surface area (Å²) in [5.74, 6) is 5.25. The Hall–Kier alpha value is -7.13. The van der Waals surface area contributed by atoms with Gasteiger partial charge in [-0.3, -0.25) is 0 Å². The zero-order chi connectivity index (χ0) is 44.2. The minimum Gasteiger partial charge on any atom is -0.497 e. The lowest BCUT2D eigenvalue weighted by Gasteiger charge is -2.27. The van der Waals surface area contributed by atoms with Gasteiger partial charge in [-0.25, -0.2) is 0 Å². The molecule has 7 aromatic rings. The molecule has 7 rings (SSSR count). The van der Waals surface area contributed by atoms with Crippen LogP contribution in [-0.4, -0.2) is 55.5 Å². The summed E-state index contributed by atoms with van der Waals surface area (Å²) in [5, 5.41) is 0. The predicted molar refractivity (Wildman–Crippen MR) is 262 cm³/mol.